The second-order valence-corrected chi connectivity index (χ2v) is 6.46. The summed E-state index contributed by atoms with van der Waals surface area (Å²) in [5.74, 6) is 1.67. The summed E-state index contributed by atoms with van der Waals surface area (Å²) in [5, 5.41) is 8.90. The minimum atomic E-state index is -0.155. The van der Waals surface area contributed by atoms with Crippen LogP contribution in [0.15, 0.2) is 71.3 Å². The van der Waals surface area contributed by atoms with Crippen LogP contribution in [-0.2, 0) is 6.54 Å². The van der Waals surface area contributed by atoms with Crippen LogP contribution in [0.5, 0.6) is 11.5 Å². The van der Waals surface area contributed by atoms with Crippen LogP contribution in [0.25, 0.3) is 22.1 Å². The summed E-state index contributed by atoms with van der Waals surface area (Å²) in [7, 11) is 3.17. The quantitative estimate of drug-likeness (QED) is 0.529. The fourth-order valence-electron chi connectivity index (χ4n) is 3.21. The second kappa shape index (κ2) is 8.06. The van der Waals surface area contributed by atoms with Gasteiger partial charge in [0.05, 0.1) is 20.8 Å². The Bertz CT molecular complexity index is 1160. The van der Waals surface area contributed by atoms with Gasteiger partial charge in [0.1, 0.15) is 5.69 Å². The predicted octanol–water partition coefficient (Wildman–Crippen LogP) is 4.44. The Hall–Kier alpha value is -3.80. The third-order valence-corrected chi connectivity index (χ3v) is 4.69. The molecule has 1 amide bonds. The summed E-state index contributed by atoms with van der Waals surface area (Å²) in [4.78, 5) is 12.7. The number of benzene rings is 3. The number of hydrogen-bond donors (Lipinski definition) is 1. The number of nitrogens with one attached hydrogen (secondary N) is 1. The molecule has 0 radical (unpaired) electrons. The number of carbonyl (C=O) groups is 1. The molecule has 0 saturated heterocycles. The van der Waals surface area contributed by atoms with Crippen LogP contribution in [0.1, 0.15) is 16.1 Å². The van der Waals surface area contributed by atoms with Crippen molar-refractivity contribution in [3.63, 3.8) is 0 Å². The van der Waals surface area contributed by atoms with E-state index >= 15 is 0 Å². The molecular weight excluding hydrogens is 368 g/mol. The third kappa shape index (κ3) is 3.78. The van der Waals surface area contributed by atoms with E-state index in [4.69, 9.17) is 14.0 Å². The van der Waals surface area contributed by atoms with Crippen LogP contribution in [0.3, 0.4) is 0 Å². The SMILES string of the molecule is COc1ccc(-c2cc(CNC(=O)c3cccc4ccccc34)no2)cc1OC. The average Bonchev–Trinajstić information content (AvgIpc) is 3.25. The van der Waals surface area contributed by atoms with Gasteiger partial charge >= 0.3 is 0 Å². The largest absolute Gasteiger partial charge is 0.493 e. The predicted molar refractivity (Wildman–Crippen MR) is 110 cm³/mol. The average molecular weight is 388 g/mol. The topological polar surface area (TPSA) is 73.6 Å². The van der Waals surface area contributed by atoms with Crippen LogP contribution in [-0.4, -0.2) is 25.3 Å². The normalized spacial score (nSPS) is 10.7. The Kier molecular flexibility index (Phi) is 5.16. The molecule has 0 saturated carbocycles. The number of fused-ring (bicyclic) bond motifs is 1. The minimum absolute atomic E-state index is 0.155. The fourth-order valence-corrected chi connectivity index (χ4v) is 3.21. The first-order valence-electron chi connectivity index (χ1n) is 9.13. The summed E-state index contributed by atoms with van der Waals surface area (Å²) in [5.41, 5.74) is 2.07. The number of amides is 1. The zero-order valence-corrected chi connectivity index (χ0v) is 16.1. The molecule has 0 spiro atoms. The summed E-state index contributed by atoms with van der Waals surface area (Å²) in [6, 6.07) is 20.8. The van der Waals surface area contributed by atoms with E-state index in [-0.39, 0.29) is 12.5 Å². The monoisotopic (exact) mass is 388 g/mol. The second-order valence-electron chi connectivity index (χ2n) is 6.46. The molecule has 1 N–H and O–H groups in total. The number of methoxy groups -OCH3 is 2. The zero-order chi connectivity index (χ0) is 20.2. The molecule has 0 aliphatic carbocycles. The maximum absolute atomic E-state index is 12.7. The van der Waals surface area contributed by atoms with Gasteiger partial charge in [-0.1, -0.05) is 41.6 Å². The number of hydrogen-bond acceptors (Lipinski definition) is 5. The molecule has 146 valence electrons. The first-order valence-corrected chi connectivity index (χ1v) is 9.13. The van der Waals surface area contributed by atoms with Gasteiger partial charge in [-0.2, -0.15) is 0 Å². The van der Waals surface area contributed by atoms with Crippen LogP contribution in [0.4, 0.5) is 0 Å². The van der Waals surface area contributed by atoms with Gasteiger partial charge in [0.15, 0.2) is 17.3 Å². The van der Waals surface area contributed by atoms with Gasteiger partial charge < -0.3 is 19.3 Å². The lowest BCUT2D eigenvalue weighted by molar-refractivity contribution is 0.0951. The minimum Gasteiger partial charge on any atom is -0.493 e. The lowest BCUT2D eigenvalue weighted by atomic mass is 10.0. The highest BCUT2D eigenvalue weighted by Crippen LogP contribution is 2.32. The molecule has 3 aromatic carbocycles. The Morgan fingerprint density at radius 3 is 2.59 bits per heavy atom. The van der Waals surface area contributed by atoms with Crippen molar-refractivity contribution in [2.24, 2.45) is 0 Å². The number of ether oxygens (including phenoxy) is 2. The Morgan fingerprint density at radius 2 is 1.76 bits per heavy atom. The van der Waals surface area contributed by atoms with Crippen molar-refractivity contribution in [2.75, 3.05) is 14.2 Å². The number of nitrogens with zero attached hydrogens (tertiary/aromatic N) is 1. The van der Waals surface area contributed by atoms with Crippen molar-refractivity contribution in [1.82, 2.24) is 10.5 Å². The van der Waals surface area contributed by atoms with E-state index in [2.05, 4.69) is 10.5 Å². The number of carbonyl (C=O) groups excluding carboxylic acids is 1. The summed E-state index contributed by atoms with van der Waals surface area (Å²) < 4.78 is 16.0. The molecule has 4 aromatic rings. The molecular formula is C23H20N2O4. The summed E-state index contributed by atoms with van der Waals surface area (Å²) in [6.45, 7) is 0.263. The van der Waals surface area contributed by atoms with E-state index in [0.717, 1.165) is 16.3 Å². The smallest absolute Gasteiger partial charge is 0.252 e. The van der Waals surface area contributed by atoms with Crippen LogP contribution < -0.4 is 14.8 Å². The molecule has 0 aliphatic heterocycles. The lowest BCUT2D eigenvalue weighted by Crippen LogP contribution is -2.23. The van der Waals surface area contributed by atoms with Gasteiger partial charge in [-0.25, -0.2) is 0 Å². The highest BCUT2D eigenvalue weighted by Gasteiger charge is 2.13. The molecule has 6 heteroatoms. The molecule has 0 atom stereocenters. The standard InChI is InChI=1S/C23H20N2O4/c1-27-20-11-10-16(12-22(20)28-2)21-13-17(25-29-21)14-24-23(26)19-9-5-7-15-6-3-4-8-18(15)19/h3-13H,14H2,1-2H3,(H,24,26). The van der Waals surface area contributed by atoms with Crippen LogP contribution in [0, 0.1) is 0 Å². The maximum Gasteiger partial charge on any atom is 0.252 e. The van der Waals surface area contributed by atoms with Crippen molar-refractivity contribution < 1.29 is 18.8 Å². The van der Waals surface area contributed by atoms with E-state index in [0.29, 0.717) is 28.5 Å². The lowest BCUT2D eigenvalue weighted by Gasteiger charge is -2.07. The van der Waals surface area contributed by atoms with E-state index in [9.17, 15) is 4.79 Å². The van der Waals surface area contributed by atoms with Crippen molar-refractivity contribution in [3.8, 4) is 22.8 Å². The van der Waals surface area contributed by atoms with E-state index < -0.39 is 0 Å². The molecule has 1 aromatic heterocycles. The van der Waals surface area contributed by atoms with Gasteiger partial charge in [-0.15, -0.1) is 0 Å². The van der Waals surface area contributed by atoms with Crippen molar-refractivity contribution in [3.05, 3.63) is 78.0 Å². The molecule has 29 heavy (non-hydrogen) atoms. The van der Waals surface area contributed by atoms with Gasteiger partial charge in [-0.3, -0.25) is 4.79 Å². The van der Waals surface area contributed by atoms with Crippen molar-refractivity contribution in [2.45, 2.75) is 6.54 Å². The first kappa shape index (κ1) is 18.6. The van der Waals surface area contributed by atoms with Crippen LogP contribution >= 0.6 is 0 Å². The van der Waals surface area contributed by atoms with E-state index in [1.807, 2.05) is 54.6 Å². The molecule has 6 nitrogen and oxygen atoms in total. The highest BCUT2D eigenvalue weighted by atomic mass is 16.5. The fraction of sp³-hybridized carbons (Fsp3) is 0.130. The molecule has 0 fully saturated rings. The molecule has 1 heterocycles. The Balaban J connectivity index is 1.49. The van der Waals surface area contributed by atoms with Gasteiger partial charge in [0, 0.05) is 17.2 Å². The van der Waals surface area contributed by atoms with Gasteiger partial charge in [-0.05, 0) is 35.0 Å². The molecule has 0 unspecified atom stereocenters. The highest BCUT2D eigenvalue weighted by molar-refractivity contribution is 6.06. The van der Waals surface area contributed by atoms with Crippen LogP contribution in [0.2, 0.25) is 0 Å². The summed E-state index contributed by atoms with van der Waals surface area (Å²) in [6.07, 6.45) is 0. The number of aromatic nitrogens is 1. The van der Waals surface area contributed by atoms with Gasteiger partial charge in [0.25, 0.3) is 5.91 Å². The Labute approximate surface area is 168 Å². The van der Waals surface area contributed by atoms with Crippen molar-refractivity contribution in [1.29, 1.82) is 0 Å². The Morgan fingerprint density at radius 1 is 0.966 bits per heavy atom. The summed E-state index contributed by atoms with van der Waals surface area (Å²) >= 11 is 0. The first-order chi connectivity index (χ1) is 14.2. The maximum atomic E-state index is 12.7. The molecule has 0 bridgehead atoms. The zero-order valence-electron chi connectivity index (χ0n) is 16.1. The van der Waals surface area contributed by atoms with Gasteiger partial charge in [0.2, 0.25) is 0 Å². The van der Waals surface area contributed by atoms with Crippen molar-refractivity contribution >= 4 is 16.7 Å². The molecule has 0 aliphatic rings. The van der Waals surface area contributed by atoms with E-state index in [1.165, 1.54) is 0 Å². The molecule has 4 rings (SSSR count). The number of rotatable bonds is 6. The third-order valence-electron chi connectivity index (χ3n) is 4.69. The van der Waals surface area contributed by atoms with E-state index in [1.54, 1.807) is 26.4 Å².